The zero-order valence-electron chi connectivity index (χ0n) is 21.9. The van der Waals surface area contributed by atoms with Crippen molar-refractivity contribution in [3.05, 3.63) is 42.0 Å². The molecule has 2 heterocycles. The number of rotatable bonds is 11. The quantitative estimate of drug-likeness (QED) is 0.267. The lowest BCUT2D eigenvalue weighted by atomic mass is 10.0. The van der Waals surface area contributed by atoms with Crippen LogP contribution in [0.1, 0.15) is 65.5 Å². The molecule has 0 radical (unpaired) electrons. The minimum Gasteiger partial charge on any atom is -0.487 e. The molecule has 4 atom stereocenters. The summed E-state index contributed by atoms with van der Waals surface area (Å²) in [5.41, 5.74) is -0.422. The van der Waals surface area contributed by atoms with Crippen LogP contribution in [0.15, 0.2) is 36.4 Å². The monoisotopic (exact) mass is 505 g/mol. The molecule has 3 rings (SSSR count). The Labute approximate surface area is 213 Å². The standard InChI is InChI=1S/C27H39NO8/c1-6-31-23(29)14-15-27(18-34-27)19(2)35-21-12-10-20(11-13-21)22(28-25(30)36-26(3,4)5)17-33-24-9-7-8-16-32-24/h10-15,19,22,24H,6-9,16-18H2,1-5H3,(H,28,30)/b15-14+/t19-,22-,24?,27+/m1/s1. The maximum absolute atomic E-state index is 12.5. The lowest BCUT2D eigenvalue weighted by molar-refractivity contribution is -0.166. The highest BCUT2D eigenvalue weighted by molar-refractivity contribution is 5.82. The van der Waals surface area contributed by atoms with Crippen molar-refractivity contribution >= 4 is 12.1 Å². The van der Waals surface area contributed by atoms with Gasteiger partial charge < -0.3 is 33.7 Å². The van der Waals surface area contributed by atoms with Gasteiger partial charge in [0.15, 0.2) is 6.29 Å². The average Bonchev–Trinajstić information content (AvgIpc) is 3.62. The molecular formula is C27H39NO8. The van der Waals surface area contributed by atoms with Crippen molar-refractivity contribution in [2.45, 2.75) is 83.5 Å². The molecule has 200 valence electrons. The number of carbonyl (C=O) groups is 2. The molecule has 2 fully saturated rings. The molecule has 1 amide bonds. The Morgan fingerprint density at radius 3 is 2.53 bits per heavy atom. The number of hydrogen-bond acceptors (Lipinski definition) is 8. The van der Waals surface area contributed by atoms with Crippen LogP contribution in [0.4, 0.5) is 4.79 Å². The summed E-state index contributed by atoms with van der Waals surface area (Å²) >= 11 is 0. The van der Waals surface area contributed by atoms with Crippen LogP contribution in [0.3, 0.4) is 0 Å². The van der Waals surface area contributed by atoms with Crippen LogP contribution in [-0.4, -0.2) is 62.1 Å². The first kappa shape index (κ1) is 28.0. The molecule has 0 spiro atoms. The molecule has 2 aliphatic heterocycles. The van der Waals surface area contributed by atoms with E-state index in [1.54, 1.807) is 13.0 Å². The van der Waals surface area contributed by atoms with E-state index in [4.69, 9.17) is 28.4 Å². The van der Waals surface area contributed by atoms with E-state index in [9.17, 15) is 9.59 Å². The second-order valence-electron chi connectivity index (χ2n) is 9.99. The van der Waals surface area contributed by atoms with Gasteiger partial charge in [-0.15, -0.1) is 0 Å². The molecule has 1 aromatic carbocycles. The molecule has 2 saturated heterocycles. The second kappa shape index (κ2) is 12.6. The van der Waals surface area contributed by atoms with Gasteiger partial charge in [-0.05, 0) is 77.7 Å². The molecular weight excluding hydrogens is 466 g/mol. The van der Waals surface area contributed by atoms with Gasteiger partial charge in [0.2, 0.25) is 0 Å². The van der Waals surface area contributed by atoms with E-state index in [2.05, 4.69) is 5.32 Å². The lowest BCUT2D eigenvalue weighted by Crippen LogP contribution is -2.37. The highest BCUT2D eigenvalue weighted by atomic mass is 16.7. The van der Waals surface area contributed by atoms with Crippen LogP contribution >= 0.6 is 0 Å². The molecule has 1 N–H and O–H groups in total. The molecule has 1 unspecified atom stereocenters. The summed E-state index contributed by atoms with van der Waals surface area (Å²) in [6.45, 7) is 10.8. The summed E-state index contributed by atoms with van der Waals surface area (Å²) in [5, 5.41) is 2.91. The Hall–Kier alpha value is -2.62. The van der Waals surface area contributed by atoms with Crippen LogP contribution in [-0.2, 0) is 28.5 Å². The summed E-state index contributed by atoms with van der Waals surface area (Å²) in [6, 6.07) is 6.99. The van der Waals surface area contributed by atoms with Crippen LogP contribution < -0.4 is 10.1 Å². The van der Waals surface area contributed by atoms with Crippen LogP contribution in [0.25, 0.3) is 0 Å². The summed E-state index contributed by atoms with van der Waals surface area (Å²) in [5.74, 6) is 0.228. The Kier molecular flexibility index (Phi) is 9.76. The Morgan fingerprint density at radius 1 is 1.22 bits per heavy atom. The maximum Gasteiger partial charge on any atom is 0.408 e. The van der Waals surface area contributed by atoms with E-state index in [-0.39, 0.29) is 19.0 Å². The molecule has 1 aromatic rings. The zero-order valence-corrected chi connectivity index (χ0v) is 21.9. The number of nitrogens with one attached hydrogen (secondary N) is 1. The minimum absolute atomic E-state index is 0.246. The smallest absolute Gasteiger partial charge is 0.408 e. The topological polar surface area (TPSA) is 105 Å². The first-order chi connectivity index (χ1) is 17.1. The highest BCUT2D eigenvalue weighted by Gasteiger charge is 2.49. The SMILES string of the molecule is CCOC(=O)/C=C/[C@@]1([C@@H](C)Oc2ccc([C@@H](COC3CCCCO3)NC(=O)OC(C)(C)C)cc2)CO1. The van der Waals surface area contributed by atoms with E-state index < -0.39 is 29.3 Å². The van der Waals surface area contributed by atoms with Crippen molar-refractivity contribution in [2.24, 2.45) is 0 Å². The number of hydrogen-bond donors (Lipinski definition) is 1. The Bertz CT molecular complexity index is 882. The van der Waals surface area contributed by atoms with E-state index in [1.807, 2.05) is 52.0 Å². The molecule has 36 heavy (non-hydrogen) atoms. The highest BCUT2D eigenvalue weighted by Crippen LogP contribution is 2.35. The normalized spacial score (nSPS) is 23.5. The van der Waals surface area contributed by atoms with Gasteiger partial charge in [0.1, 0.15) is 23.1 Å². The third-order valence-corrected chi connectivity index (χ3v) is 5.83. The van der Waals surface area contributed by atoms with Gasteiger partial charge in [-0.1, -0.05) is 12.1 Å². The first-order valence-corrected chi connectivity index (χ1v) is 12.6. The van der Waals surface area contributed by atoms with Crippen molar-refractivity contribution in [1.82, 2.24) is 5.32 Å². The van der Waals surface area contributed by atoms with Gasteiger partial charge in [-0.25, -0.2) is 9.59 Å². The minimum atomic E-state index is -0.653. The number of carbonyl (C=O) groups excluding carboxylic acids is 2. The van der Waals surface area contributed by atoms with Crippen molar-refractivity contribution in [3.8, 4) is 5.75 Å². The third kappa shape index (κ3) is 8.80. The van der Waals surface area contributed by atoms with Gasteiger partial charge in [-0.3, -0.25) is 0 Å². The fourth-order valence-corrected chi connectivity index (χ4v) is 3.75. The fraction of sp³-hybridized carbons (Fsp3) is 0.630. The average molecular weight is 506 g/mol. The van der Waals surface area contributed by atoms with Crippen LogP contribution in [0.2, 0.25) is 0 Å². The van der Waals surface area contributed by atoms with Crippen molar-refractivity contribution in [3.63, 3.8) is 0 Å². The predicted octanol–water partition coefficient (Wildman–Crippen LogP) is 4.45. The first-order valence-electron chi connectivity index (χ1n) is 12.6. The number of benzene rings is 1. The van der Waals surface area contributed by atoms with Gasteiger partial charge in [0.25, 0.3) is 0 Å². The van der Waals surface area contributed by atoms with E-state index in [0.717, 1.165) is 24.8 Å². The zero-order chi connectivity index (χ0) is 26.2. The Morgan fingerprint density at radius 2 is 1.94 bits per heavy atom. The van der Waals surface area contributed by atoms with Gasteiger partial charge >= 0.3 is 12.1 Å². The molecule has 0 aliphatic carbocycles. The molecule has 0 bridgehead atoms. The number of epoxide rings is 1. The number of amides is 1. The third-order valence-electron chi connectivity index (χ3n) is 5.83. The summed E-state index contributed by atoms with van der Waals surface area (Å²) in [4.78, 5) is 24.1. The fourth-order valence-electron chi connectivity index (χ4n) is 3.75. The number of alkyl carbamates (subject to hydrolysis) is 1. The molecule has 9 heteroatoms. The van der Waals surface area contributed by atoms with Gasteiger partial charge in [-0.2, -0.15) is 0 Å². The second-order valence-corrected chi connectivity index (χ2v) is 9.99. The summed E-state index contributed by atoms with van der Waals surface area (Å²) < 4.78 is 33.7. The van der Waals surface area contributed by atoms with Crippen molar-refractivity contribution in [2.75, 3.05) is 26.4 Å². The van der Waals surface area contributed by atoms with E-state index in [0.29, 0.717) is 25.6 Å². The largest absolute Gasteiger partial charge is 0.487 e. The van der Waals surface area contributed by atoms with E-state index in [1.165, 1.54) is 6.08 Å². The number of ether oxygens (including phenoxy) is 6. The van der Waals surface area contributed by atoms with Crippen molar-refractivity contribution in [1.29, 1.82) is 0 Å². The summed E-state index contributed by atoms with van der Waals surface area (Å²) in [7, 11) is 0. The molecule has 0 saturated carbocycles. The molecule has 2 aliphatic rings. The van der Waals surface area contributed by atoms with Crippen LogP contribution in [0.5, 0.6) is 5.75 Å². The summed E-state index contributed by atoms with van der Waals surface area (Å²) in [6.07, 6.45) is 4.87. The lowest BCUT2D eigenvalue weighted by Gasteiger charge is -2.27. The number of esters is 1. The van der Waals surface area contributed by atoms with Gasteiger partial charge in [0, 0.05) is 12.7 Å². The van der Waals surface area contributed by atoms with Gasteiger partial charge in [0.05, 0.1) is 25.9 Å². The maximum atomic E-state index is 12.5. The van der Waals surface area contributed by atoms with Crippen LogP contribution in [0, 0.1) is 0 Å². The van der Waals surface area contributed by atoms with E-state index >= 15 is 0 Å². The predicted molar refractivity (Wildman–Crippen MR) is 133 cm³/mol. The molecule has 9 nitrogen and oxygen atoms in total. The Balaban J connectivity index is 1.63. The van der Waals surface area contributed by atoms with Crippen molar-refractivity contribution < 1.29 is 38.0 Å². The molecule has 0 aromatic heterocycles.